The number of halogens is 4. The second-order valence-corrected chi connectivity index (χ2v) is 5.10. The van der Waals surface area contributed by atoms with E-state index in [9.17, 15) is 9.18 Å². The van der Waals surface area contributed by atoms with Gasteiger partial charge in [-0.05, 0) is 17.7 Å². The molecule has 1 aromatic carbocycles. The molecule has 2 rings (SSSR count). The number of aromatic carboxylic acids is 1. The van der Waals surface area contributed by atoms with Gasteiger partial charge in [0.2, 0.25) is 0 Å². The summed E-state index contributed by atoms with van der Waals surface area (Å²) in [7, 11) is 0. The fraction of sp³-hybridized carbons (Fsp3) is 0.0769. The van der Waals surface area contributed by atoms with Crippen LogP contribution in [-0.2, 0) is 6.42 Å². The Labute approximate surface area is 128 Å². The monoisotopic (exact) mass is 333 g/mol. The van der Waals surface area contributed by atoms with Crippen molar-refractivity contribution in [2.45, 2.75) is 6.42 Å². The molecular formula is C13H7Cl3FNO2. The Hall–Kier alpha value is -1.36. The normalized spacial score (nSPS) is 10.6. The number of hydrogen-bond acceptors (Lipinski definition) is 2. The van der Waals surface area contributed by atoms with Crippen LogP contribution in [0.4, 0.5) is 4.39 Å². The van der Waals surface area contributed by atoms with E-state index in [1.165, 1.54) is 18.2 Å². The molecule has 0 fully saturated rings. The zero-order chi connectivity index (χ0) is 14.9. The number of aromatic nitrogens is 1. The highest BCUT2D eigenvalue weighted by Crippen LogP contribution is 2.27. The van der Waals surface area contributed by atoms with Crippen LogP contribution in [0.1, 0.15) is 21.6 Å². The van der Waals surface area contributed by atoms with E-state index < -0.39 is 11.8 Å². The molecular weight excluding hydrogens is 328 g/mol. The summed E-state index contributed by atoms with van der Waals surface area (Å²) >= 11 is 17.2. The quantitative estimate of drug-likeness (QED) is 0.843. The topological polar surface area (TPSA) is 50.2 Å². The fourth-order valence-corrected chi connectivity index (χ4v) is 2.26. The zero-order valence-corrected chi connectivity index (χ0v) is 12.1. The van der Waals surface area contributed by atoms with Gasteiger partial charge in [0.05, 0.1) is 15.6 Å². The first kappa shape index (κ1) is 15.0. The van der Waals surface area contributed by atoms with Gasteiger partial charge in [0.1, 0.15) is 11.0 Å². The average Bonchev–Trinajstić information content (AvgIpc) is 2.38. The summed E-state index contributed by atoms with van der Waals surface area (Å²) in [6.07, 6.45) is 0.0591. The van der Waals surface area contributed by atoms with Crippen molar-refractivity contribution in [2.75, 3.05) is 0 Å². The van der Waals surface area contributed by atoms with Gasteiger partial charge in [0, 0.05) is 12.1 Å². The molecule has 7 heteroatoms. The second kappa shape index (κ2) is 5.95. The number of hydrogen-bond donors (Lipinski definition) is 1. The Kier molecular flexibility index (Phi) is 4.48. The van der Waals surface area contributed by atoms with Crippen LogP contribution < -0.4 is 0 Å². The lowest BCUT2D eigenvalue weighted by atomic mass is 10.1. The lowest BCUT2D eigenvalue weighted by Gasteiger charge is -2.07. The van der Waals surface area contributed by atoms with E-state index in [-0.39, 0.29) is 32.9 Å². The molecule has 0 bridgehead atoms. The predicted molar refractivity (Wildman–Crippen MR) is 75.4 cm³/mol. The number of carboxylic acids is 1. The molecule has 0 saturated carbocycles. The van der Waals surface area contributed by atoms with Gasteiger partial charge < -0.3 is 5.11 Å². The van der Waals surface area contributed by atoms with E-state index in [1.54, 1.807) is 6.07 Å². The molecule has 0 saturated heterocycles. The second-order valence-electron chi connectivity index (χ2n) is 3.96. The molecule has 20 heavy (non-hydrogen) atoms. The van der Waals surface area contributed by atoms with Crippen LogP contribution in [0.3, 0.4) is 0 Å². The molecule has 1 heterocycles. The van der Waals surface area contributed by atoms with Gasteiger partial charge in [-0.1, -0.05) is 46.9 Å². The maximum absolute atomic E-state index is 13.8. The molecule has 0 spiro atoms. The summed E-state index contributed by atoms with van der Waals surface area (Å²) < 4.78 is 13.8. The lowest BCUT2D eigenvalue weighted by molar-refractivity contribution is 0.0697. The van der Waals surface area contributed by atoms with Crippen LogP contribution in [0.25, 0.3) is 0 Å². The summed E-state index contributed by atoms with van der Waals surface area (Å²) in [6, 6.07) is 5.81. The van der Waals surface area contributed by atoms with Crippen molar-refractivity contribution in [2.24, 2.45) is 0 Å². The van der Waals surface area contributed by atoms with Gasteiger partial charge in [-0.2, -0.15) is 0 Å². The van der Waals surface area contributed by atoms with Crippen LogP contribution in [0, 0.1) is 5.82 Å². The first-order valence-corrected chi connectivity index (χ1v) is 6.54. The first-order chi connectivity index (χ1) is 9.40. The molecule has 0 unspecified atom stereocenters. The summed E-state index contributed by atoms with van der Waals surface area (Å²) in [4.78, 5) is 15.0. The number of pyridine rings is 1. The van der Waals surface area contributed by atoms with Gasteiger partial charge in [0.25, 0.3) is 0 Å². The molecule has 2 aromatic rings. The molecule has 0 radical (unpaired) electrons. The minimum Gasteiger partial charge on any atom is -0.478 e. The number of benzene rings is 1. The maximum atomic E-state index is 13.8. The molecule has 0 aliphatic carbocycles. The number of rotatable bonds is 3. The Morgan fingerprint density at radius 2 is 2.00 bits per heavy atom. The van der Waals surface area contributed by atoms with E-state index in [2.05, 4.69) is 4.98 Å². The molecule has 3 nitrogen and oxygen atoms in total. The molecule has 104 valence electrons. The zero-order valence-electron chi connectivity index (χ0n) is 9.83. The predicted octanol–water partition coefficient (Wildman–Crippen LogP) is 4.47. The van der Waals surface area contributed by atoms with Crippen molar-refractivity contribution >= 4 is 40.8 Å². The van der Waals surface area contributed by atoms with Gasteiger partial charge in [-0.15, -0.1) is 0 Å². The van der Waals surface area contributed by atoms with Crippen LogP contribution in [-0.4, -0.2) is 16.1 Å². The lowest BCUT2D eigenvalue weighted by Crippen LogP contribution is -2.03. The number of carbonyl (C=O) groups is 1. The summed E-state index contributed by atoms with van der Waals surface area (Å²) in [6.45, 7) is 0. The summed E-state index contributed by atoms with van der Waals surface area (Å²) in [5.74, 6) is -1.80. The Balaban J connectivity index is 2.44. The maximum Gasteiger partial charge on any atom is 0.337 e. The van der Waals surface area contributed by atoms with Gasteiger partial charge in [-0.25, -0.2) is 14.2 Å². The van der Waals surface area contributed by atoms with Crippen molar-refractivity contribution in [3.8, 4) is 0 Å². The van der Waals surface area contributed by atoms with E-state index in [4.69, 9.17) is 39.9 Å². The number of carboxylic acid groups (broad SMARTS) is 1. The highest BCUT2D eigenvalue weighted by molar-refractivity contribution is 6.43. The summed E-state index contributed by atoms with van der Waals surface area (Å²) in [5, 5.41) is 8.72. The van der Waals surface area contributed by atoms with Crippen molar-refractivity contribution in [1.29, 1.82) is 0 Å². The van der Waals surface area contributed by atoms with Crippen LogP contribution in [0.5, 0.6) is 0 Å². The number of nitrogens with zero attached hydrogens (tertiary/aromatic N) is 1. The Bertz CT molecular complexity index is 692. The Morgan fingerprint density at radius 1 is 1.30 bits per heavy atom. The van der Waals surface area contributed by atoms with E-state index in [0.717, 1.165) is 0 Å². The standard InChI is InChI=1S/C13H7Cl3FNO2/c14-9-3-1-2-6(11(9)17)4-7-5-8(13(19)20)10(15)12(16)18-7/h1-3,5H,4H2,(H,19,20). The summed E-state index contributed by atoms with van der Waals surface area (Å²) in [5.41, 5.74) is 0.404. The van der Waals surface area contributed by atoms with E-state index >= 15 is 0 Å². The average molecular weight is 335 g/mol. The fourth-order valence-electron chi connectivity index (χ4n) is 1.67. The van der Waals surface area contributed by atoms with Crippen molar-refractivity contribution in [3.05, 3.63) is 62.1 Å². The Morgan fingerprint density at radius 3 is 2.65 bits per heavy atom. The van der Waals surface area contributed by atoms with Crippen molar-refractivity contribution in [3.63, 3.8) is 0 Å². The van der Waals surface area contributed by atoms with Gasteiger partial charge in [-0.3, -0.25) is 0 Å². The van der Waals surface area contributed by atoms with Crippen molar-refractivity contribution < 1.29 is 14.3 Å². The first-order valence-electron chi connectivity index (χ1n) is 5.41. The van der Waals surface area contributed by atoms with Crippen molar-refractivity contribution in [1.82, 2.24) is 4.98 Å². The molecule has 1 N–H and O–H groups in total. The van der Waals surface area contributed by atoms with Crippen LogP contribution in [0.15, 0.2) is 24.3 Å². The van der Waals surface area contributed by atoms with Gasteiger partial charge in [0.15, 0.2) is 0 Å². The molecule has 0 aliphatic rings. The third-order valence-electron chi connectivity index (χ3n) is 2.60. The van der Waals surface area contributed by atoms with E-state index in [1.807, 2.05) is 0 Å². The molecule has 0 aliphatic heterocycles. The minimum atomic E-state index is -1.23. The highest BCUT2D eigenvalue weighted by Gasteiger charge is 2.16. The molecule has 1 aromatic heterocycles. The highest BCUT2D eigenvalue weighted by atomic mass is 35.5. The smallest absolute Gasteiger partial charge is 0.337 e. The third-order valence-corrected chi connectivity index (χ3v) is 3.65. The van der Waals surface area contributed by atoms with E-state index in [0.29, 0.717) is 5.56 Å². The molecule has 0 amide bonds. The SMILES string of the molecule is O=C(O)c1cc(Cc2cccc(Cl)c2F)nc(Cl)c1Cl. The largest absolute Gasteiger partial charge is 0.478 e. The van der Waals surface area contributed by atoms with Crippen LogP contribution >= 0.6 is 34.8 Å². The third kappa shape index (κ3) is 3.03. The van der Waals surface area contributed by atoms with Gasteiger partial charge >= 0.3 is 5.97 Å². The minimum absolute atomic E-state index is 0.0129. The molecule has 0 atom stereocenters. The van der Waals surface area contributed by atoms with Crippen LogP contribution in [0.2, 0.25) is 15.2 Å².